The average molecular weight is 570 g/mol. The first-order valence-corrected chi connectivity index (χ1v) is 11.7. The van der Waals surface area contributed by atoms with Crippen molar-refractivity contribution in [1.29, 1.82) is 0 Å². The molecular formula is C21H21ClIN5O4. The largest absolute Gasteiger partial charge is 0.465 e. The van der Waals surface area contributed by atoms with Crippen LogP contribution >= 0.6 is 34.2 Å². The fourth-order valence-electron chi connectivity index (χ4n) is 4.84. The maximum absolute atomic E-state index is 12.5. The topological polar surface area (TPSA) is 122 Å². The van der Waals surface area contributed by atoms with E-state index in [0.717, 1.165) is 5.56 Å². The summed E-state index contributed by atoms with van der Waals surface area (Å²) in [5.74, 6) is -0.158. The molecule has 2 fully saturated rings. The van der Waals surface area contributed by atoms with Gasteiger partial charge in [0.15, 0.2) is 20.8 Å². The smallest absolute Gasteiger partial charge is 0.315 e. The Balaban J connectivity index is 1.47. The predicted octanol–water partition coefficient (Wildman–Crippen LogP) is 2.54. The van der Waals surface area contributed by atoms with Crippen LogP contribution in [0, 0.1) is 15.2 Å². The van der Waals surface area contributed by atoms with Crippen molar-refractivity contribution in [3.8, 4) is 0 Å². The molecule has 1 aromatic carbocycles. The highest BCUT2D eigenvalue weighted by Gasteiger charge is 2.76. The molecule has 168 valence electrons. The minimum atomic E-state index is -1.20. The third-order valence-corrected chi connectivity index (χ3v) is 7.11. The molecule has 0 saturated heterocycles. The number of ether oxygens (including phenoxy) is 1. The number of nitrogens with one attached hydrogen (secondary N) is 1. The lowest BCUT2D eigenvalue weighted by molar-refractivity contribution is -0.156. The number of anilines is 1. The minimum absolute atomic E-state index is 0.224. The van der Waals surface area contributed by atoms with E-state index in [9.17, 15) is 15.0 Å². The summed E-state index contributed by atoms with van der Waals surface area (Å²) in [5, 5.41) is 25.4. The van der Waals surface area contributed by atoms with Gasteiger partial charge in [-0.3, -0.25) is 4.79 Å². The highest BCUT2D eigenvalue weighted by molar-refractivity contribution is 14.1. The van der Waals surface area contributed by atoms with Gasteiger partial charge in [-0.25, -0.2) is 15.0 Å². The molecule has 5 atom stereocenters. The summed E-state index contributed by atoms with van der Waals surface area (Å²) in [6, 6.07) is 6.99. The van der Waals surface area contributed by atoms with Crippen LogP contribution in [0.25, 0.3) is 11.2 Å². The molecule has 2 aliphatic rings. The van der Waals surface area contributed by atoms with E-state index in [1.54, 1.807) is 17.8 Å². The predicted molar refractivity (Wildman–Crippen MR) is 125 cm³/mol. The second-order valence-corrected chi connectivity index (χ2v) is 9.55. The number of aliphatic hydroxyl groups is 2. The van der Waals surface area contributed by atoms with Gasteiger partial charge in [-0.05, 0) is 31.0 Å². The van der Waals surface area contributed by atoms with E-state index in [4.69, 9.17) is 16.3 Å². The van der Waals surface area contributed by atoms with Crippen molar-refractivity contribution in [2.45, 2.75) is 38.1 Å². The zero-order valence-electron chi connectivity index (χ0n) is 17.1. The normalized spacial score (nSPS) is 28.5. The summed E-state index contributed by atoms with van der Waals surface area (Å²) in [6.45, 7) is 2.44. The van der Waals surface area contributed by atoms with Gasteiger partial charge in [0.1, 0.15) is 11.5 Å². The minimum Gasteiger partial charge on any atom is -0.465 e. The third kappa shape index (κ3) is 3.35. The lowest BCUT2D eigenvalue weighted by Crippen LogP contribution is -2.38. The number of aliphatic hydroxyl groups excluding tert-OH is 2. The maximum atomic E-state index is 12.5. The van der Waals surface area contributed by atoms with Crippen molar-refractivity contribution < 1.29 is 19.7 Å². The van der Waals surface area contributed by atoms with Crippen molar-refractivity contribution in [3.05, 3.63) is 45.0 Å². The van der Waals surface area contributed by atoms with Gasteiger partial charge in [0.2, 0.25) is 0 Å². The van der Waals surface area contributed by atoms with Crippen LogP contribution in [0.2, 0.25) is 5.02 Å². The molecule has 3 aromatic rings. The highest BCUT2D eigenvalue weighted by Crippen LogP contribution is 2.68. The molecule has 3 N–H and O–H groups in total. The molecule has 2 aliphatic carbocycles. The van der Waals surface area contributed by atoms with Crippen molar-refractivity contribution in [2.75, 3.05) is 11.9 Å². The lowest BCUT2D eigenvalue weighted by atomic mass is 9.99. The summed E-state index contributed by atoms with van der Waals surface area (Å²) < 4.78 is 7.43. The molecule has 2 heterocycles. The summed E-state index contributed by atoms with van der Waals surface area (Å²) in [5.41, 5.74) is 0.999. The van der Waals surface area contributed by atoms with E-state index >= 15 is 0 Å². The highest BCUT2D eigenvalue weighted by atomic mass is 127. The molecule has 9 nitrogen and oxygen atoms in total. The van der Waals surface area contributed by atoms with Crippen LogP contribution in [0.4, 0.5) is 5.82 Å². The molecule has 0 aliphatic heterocycles. The summed E-state index contributed by atoms with van der Waals surface area (Å²) in [7, 11) is 0. The Morgan fingerprint density at radius 3 is 2.97 bits per heavy atom. The Bertz CT molecular complexity index is 1210. The number of nitrogens with zero attached hydrogens (tertiary/aromatic N) is 4. The number of carbonyl (C=O) groups excluding carboxylic acids is 1. The van der Waals surface area contributed by atoms with Gasteiger partial charge in [0.25, 0.3) is 0 Å². The molecule has 0 bridgehead atoms. The Labute approximate surface area is 202 Å². The quantitative estimate of drug-likeness (QED) is 0.235. The molecule has 0 spiro atoms. The van der Waals surface area contributed by atoms with Crippen LogP contribution < -0.4 is 5.32 Å². The monoisotopic (exact) mass is 569 g/mol. The lowest BCUT2D eigenvalue weighted by Gasteiger charge is -2.23. The SMILES string of the molecule is CCOC(=O)[C@@]12C[C@@H]1[C@@H](n1cnc3c(NCc4cccc(Cl)c4)nc(I)nc31)[C@H](O)[C@@H]2O. The van der Waals surface area contributed by atoms with Crippen molar-refractivity contribution in [2.24, 2.45) is 11.3 Å². The first-order chi connectivity index (χ1) is 15.4. The first-order valence-electron chi connectivity index (χ1n) is 10.3. The van der Waals surface area contributed by atoms with Crippen molar-refractivity contribution in [3.63, 3.8) is 0 Å². The summed E-state index contributed by atoms with van der Waals surface area (Å²) in [6.07, 6.45) is -0.294. The van der Waals surface area contributed by atoms with E-state index in [1.807, 2.05) is 46.9 Å². The Morgan fingerprint density at radius 2 is 2.22 bits per heavy atom. The number of aromatic nitrogens is 4. The fourth-order valence-corrected chi connectivity index (χ4v) is 5.53. The van der Waals surface area contributed by atoms with Gasteiger partial charge >= 0.3 is 5.97 Å². The number of imidazole rings is 1. The van der Waals surface area contributed by atoms with Gasteiger partial charge in [-0.2, -0.15) is 0 Å². The Hall–Kier alpha value is -2.02. The van der Waals surface area contributed by atoms with Gasteiger partial charge in [-0.1, -0.05) is 23.7 Å². The van der Waals surface area contributed by atoms with Gasteiger partial charge in [-0.15, -0.1) is 0 Å². The molecule has 5 rings (SSSR count). The van der Waals surface area contributed by atoms with Crippen LogP contribution in [0.15, 0.2) is 30.6 Å². The molecule has 0 unspecified atom stereocenters. The second-order valence-electron chi connectivity index (χ2n) is 8.15. The summed E-state index contributed by atoms with van der Waals surface area (Å²) >= 11 is 8.10. The molecule has 2 aromatic heterocycles. The van der Waals surface area contributed by atoms with E-state index < -0.39 is 29.6 Å². The van der Waals surface area contributed by atoms with E-state index in [0.29, 0.717) is 38.8 Å². The van der Waals surface area contributed by atoms with Gasteiger partial charge in [0, 0.05) is 40.1 Å². The zero-order chi connectivity index (χ0) is 22.6. The van der Waals surface area contributed by atoms with Crippen molar-refractivity contribution >= 4 is 57.1 Å². The van der Waals surface area contributed by atoms with Crippen molar-refractivity contribution in [1.82, 2.24) is 19.5 Å². The number of rotatable bonds is 6. The van der Waals surface area contributed by atoms with E-state index in [2.05, 4.69) is 20.3 Å². The second kappa shape index (κ2) is 8.08. The number of esters is 1. The molecule has 11 heteroatoms. The zero-order valence-corrected chi connectivity index (χ0v) is 20.0. The number of carbonyl (C=O) groups is 1. The molecule has 0 amide bonds. The average Bonchev–Trinajstić information content (AvgIpc) is 3.30. The molecular weight excluding hydrogens is 549 g/mol. The molecule has 2 saturated carbocycles. The van der Waals surface area contributed by atoms with Crippen LogP contribution in [0.1, 0.15) is 24.9 Å². The van der Waals surface area contributed by atoms with Crippen LogP contribution in [-0.4, -0.2) is 54.5 Å². The van der Waals surface area contributed by atoms with Crippen LogP contribution in [-0.2, 0) is 16.1 Å². The van der Waals surface area contributed by atoms with Gasteiger partial charge < -0.3 is 24.8 Å². The van der Waals surface area contributed by atoms with Crippen LogP contribution in [0.5, 0.6) is 0 Å². The third-order valence-electron chi connectivity index (χ3n) is 6.39. The molecule has 32 heavy (non-hydrogen) atoms. The summed E-state index contributed by atoms with van der Waals surface area (Å²) in [4.78, 5) is 26.0. The van der Waals surface area contributed by atoms with Gasteiger partial charge in [0.05, 0.1) is 25.1 Å². The number of hydrogen-bond donors (Lipinski definition) is 3. The van der Waals surface area contributed by atoms with Crippen LogP contribution in [0.3, 0.4) is 0 Å². The first kappa shape index (κ1) is 21.8. The fraction of sp³-hybridized carbons (Fsp3) is 0.429. The Morgan fingerprint density at radius 1 is 1.41 bits per heavy atom. The molecule has 0 radical (unpaired) electrons. The van der Waals surface area contributed by atoms with E-state index in [-0.39, 0.29) is 12.5 Å². The standard InChI is InChI=1S/C21H21ClIN5O4/c1-2-32-19(31)21-7-12(21)14(15(29)16(21)30)28-9-25-13-17(26-20(23)27-18(13)28)24-8-10-4-3-5-11(22)6-10/h3-6,9,12,14-16,29-30H,2,7-8H2,1H3,(H,24,26,27)/t12-,14-,15+,16+,21+/m1/s1. The number of hydrogen-bond acceptors (Lipinski definition) is 8. The Kier molecular flexibility index (Phi) is 5.51. The maximum Gasteiger partial charge on any atom is 0.315 e. The number of benzene rings is 1. The van der Waals surface area contributed by atoms with E-state index in [1.165, 1.54) is 0 Å². The number of fused-ring (bicyclic) bond motifs is 2. The number of halogens is 2.